The van der Waals surface area contributed by atoms with E-state index in [1.807, 2.05) is 12.1 Å². The second kappa shape index (κ2) is 10.6. The van der Waals surface area contributed by atoms with Crippen molar-refractivity contribution in [1.82, 2.24) is 14.8 Å². The van der Waals surface area contributed by atoms with Gasteiger partial charge in [0.05, 0.1) is 12.1 Å². The van der Waals surface area contributed by atoms with Crippen LogP contribution in [0.4, 0.5) is 0 Å². The molecule has 3 aromatic rings. The predicted octanol–water partition coefficient (Wildman–Crippen LogP) is 5.01. The number of nitro groups is 1. The molecule has 3 rings (SSSR count). The second-order valence-electron chi connectivity index (χ2n) is 6.49. The molecule has 0 aliphatic carbocycles. The summed E-state index contributed by atoms with van der Waals surface area (Å²) in [6.07, 6.45) is 5.25. The third kappa shape index (κ3) is 5.46. The molecule has 166 valence electrons. The molecule has 1 aromatic heterocycles. The van der Waals surface area contributed by atoms with Crippen LogP contribution in [0.2, 0.25) is 10.0 Å². The molecule has 0 radical (unpaired) electrons. The summed E-state index contributed by atoms with van der Waals surface area (Å²) in [7, 11) is 1.45. The number of benzene rings is 2. The molecule has 8 nitrogen and oxygen atoms in total. The number of aryl methyl sites for hydroxylation is 1. The van der Waals surface area contributed by atoms with Crippen molar-refractivity contribution in [1.29, 1.82) is 0 Å². The van der Waals surface area contributed by atoms with Crippen molar-refractivity contribution in [3.8, 4) is 29.5 Å². The van der Waals surface area contributed by atoms with Crippen LogP contribution in [0.15, 0.2) is 41.6 Å². The normalized spacial score (nSPS) is 11.6. The molecular weight excluding hydrogens is 475 g/mol. The summed E-state index contributed by atoms with van der Waals surface area (Å²) < 4.78 is 12.6. The van der Waals surface area contributed by atoms with E-state index >= 15 is 0 Å². The number of nitrogens with zero attached hydrogens (tertiary/aromatic N) is 4. The minimum Gasteiger partial charge on any atom is -0.493 e. The van der Waals surface area contributed by atoms with Crippen molar-refractivity contribution < 1.29 is 14.4 Å². The lowest BCUT2D eigenvalue weighted by atomic mass is 10.1. The van der Waals surface area contributed by atoms with Gasteiger partial charge >= 0.3 is 0 Å². The van der Waals surface area contributed by atoms with Crippen LogP contribution in [0.3, 0.4) is 0 Å². The van der Waals surface area contributed by atoms with Crippen LogP contribution in [0.25, 0.3) is 5.69 Å². The Balaban J connectivity index is 2.01. The van der Waals surface area contributed by atoms with Gasteiger partial charge in [0.25, 0.3) is 0 Å². The fourth-order valence-electron chi connectivity index (χ4n) is 2.96. The number of rotatable bonds is 9. The summed E-state index contributed by atoms with van der Waals surface area (Å²) in [5.74, 6) is 3.59. The van der Waals surface area contributed by atoms with E-state index in [9.17, 15) is 10.1 Å². The van der Waals surface area contributed by atoms with Gasteiger partial charge in [0.1, 0.15) is 17.7 Å². The number of hydrogen-bond donors (Lipinski definition) is 0. The van der Waals surface area contributed by atoms with Gasteiger partial charge in [-0.2, -0.15) is 0 Å². The molecule has 0 fully saturated rings. The standard InChI is InChI=1S/C21H18Cl2N4O4S/c1-4-9-31-20-17(23)10-14(11-18(20)30-3)19(12-26(28)29)32-21-25-24-13(2)27(21)16-7-5-15(22)6-8-16/h1,5-8,10-11,19H,9,12H2,2-3H3/t19-/m1/s1. The molecule has 11 heteroatoms. The maximum Gasteiger partial charge on any atom is 0.220 e. The van der Waals surface area contributed by atoms with Crippen molar-refractivity contribution in [2.75, 3.05) is 20.3 Å². The summed E-state index contributed by atoms with van der Waals surface area (Å²) in [5, 5.41) is 20.5. The van der Waals surface area contributed by atoms with Crippen LogP contribution in [-0.4, -0.2) is 39.9 Å². The maximum atomic E-state index is 11.4. The first kappa shape index (κ1) is 23.7. The first-order chi connectivity index (χ1) is 15.3. The van der Waals surface area contributed by atoms with Gasteiger partial charge in [0, 0.05) is 15.6 Å². The van der Waals surface area contributed by atoms with Gasteiger partial charge < -0.3 is 9.47 Å². The number of hydrogen-bond acceptors (Lipinski definition) is 7. The van der Waals surface area contributed by atoms with Crippen molar-refractivity contribution in [3.63, 3.8) is 0 Å². The molecule has 0 amide bonds. The Hall–Kier alpha value is -2.93. The van der Waals surface area contributed by atoms with E-state index in [1.54, 1.807) is 35.8 Å². The fraction of sp³-hybridized carbons (Fsp3) is 0.238. The van der Waals surface area contributed by atoms with E-state index in [0.717, 1.165) is 5.69 Å². The van der Waals surface area contributed by atoms with E-state index in [0.29, 0.717) is 27.3 Å². The first-order valence-corrected chi connectivity index (χ1v) is 10.9. The predicted molar refractivity (Wildman–Crippen MR) is 124 cm³/mol. The Morgan fingerprint density at radius 3 is 2.62 bits per heavy atom. The number of methoxy groups -OCH3 is 1. The molecule has 0 N–H and O–H groups in total. The SMILES string of the molecule is C#CCOc1c(Cl)cc([C@@H](C[N+](=O)[O-])Sc2nnc(C)n2-c2ccc(Cl)cc2)cc1OC. The highest BCUT2D eigenvalue weighted by molar-refractivity contribution is 7.99. The van der Waals surface area contributed by atoms with E-state index in [4.69, 9.17) is 39.1 Å². The average Bonchev–Trinajstić information content (AvgIpc) is 3.12. The molecular formula is C21H18Cl2N4O4S. The lowest BCUT2D eigenvalue weighted by Crippen LogP contribution is -2.12. The Bertz CT molecular complexity index is 1160. The minimum absolute atomic E-state index is 0.00593. The Morgan fingerprint density at radius 1 is 1.28 bits per heavy atom. The molecule has 0 bridgehead atoms. The number of ether oxygens (including phenoxy) is 2. The third-order valence-electron chi connectivity index (χ3n) is 4.37. The van der Waals surface area contributed by atoms with E-state index in [2.05, 4.69) is 16.1 Å². The third-order valence-corrected chi connectivity index (χ3v) is 6.08. The summed E-state index contributed by atoms with van der Waals surface area (Å²) in [5.41, 5.74) is 1.36. The average molecular weight is 493 g/mol. The molecule has 32 heavy (non-hydrogen) atoms. The minimum atomic E-state index is -0.632. The molecule has 0 saturated heterocycles. The summed E-state index contributed by atoms with van der Waals surface area (Å²) >= 11 is 13.6. The van der Waals surface area contributed by atoms with Crippen molar-refractivity contribution in [2.45, 2.75) is 17.3 Å². The highest BCUT2D eigenvalue weighted by Gasteiger charge is 2.26. The molecule has 0 aliphatic rings. The zero-order valence-corrected chi connectivity index (χ0v) is 19.4. The molecule has 1 heterocycles. The maximum absolute atomic E-state index is 11.4. The summed E-state index contributed by atoms with van der Waals surface area (Å²) in [4.78, 5) is 11.0. The number of terminal acetylenes is 1. The van der Waals surface area contributed by atoms with E-state index < -0.39 is 10.2 Å². The number of aromatic nitrogens is 3. The van der Waals surface area contributed by atoms with Gasteiger partial charge in [0.15, 0.2) is 16.7 Å². The molecule has 0 unspecified atom stereocenters. The van der Waals surface area contributed by atoms with E-state index in [1.165, 1.54) is 18.9 Å². The van der Waals surface area contributed by atoms with Crippen LogP contribution < -0.4 is 9.47 Å². The van der Waals surface area contributed by atoms with Crippen molar-refractivity contribution in [3.05, 3.63) is 67.9 Å². The summed E-state index contributed by atoms with van der Waals surface area (Å²) in [6.45, 7) is 1.43. The Kier molecular flexibility index (Phi) is 7.85. The van der Waals surface area contributed by atoms with E-state index in [-0.39, 0.29) is 23.9 Å². The van der Waals surface area contributed by atoms with Crippen molar-refractivity contribution in [2.24, 2.45) is 0 Å². The van der Waals surface area contributed by atoms with Gasteiger partial charge in [-0.05, 0) is 48.9 Å². The monoisotopic (exact) mass is 492 g/mol. The molecule has 1 atom stereocenters. The zero-order valence-electron chi connectivity index (χ0n) is 17.1. The molecule has 0 saturated carbocycles. The zero-order chi connectivity index (χ0) is 23.3. The largest absolute Gasteiger partial charge is 0.493 e. The van der Waals surface area contributed by atoms with Crippen LogP contribution in [-0.2, 0) is 0 Å². The van der Waals surface area contributed by atoms with Crippen LogP contribution >= 0.6 is 35.0 Å². The van der Waals surface area contributed by atoms with Crippen LogP contribution in [0, 0.1) is 29.4 Å². The quantitative estimate of drug-likeness (QED) is 0.179. The molecule has 0 spiro atoms. The second-order valence-corrected chi connectivity index (χ2v) is 8.50. The number of thioether (sulfide) groups is 1. The molecule has 0 aliphatic heterocycles. The van der Waals surface area contributed by atoms with Gasteiger partial charge in [-0.25, -0.2) is 0 Å². The topological polar surface area (TPSA) is 92.3 Å². The smallest absolute Gasteiger partial charge is 0.220 e. The fourth-order valence-corrected chi connectivity index (χ4v) is 4.51. The van der Waals surface area contributed by atoms with Crippen LogP contribution in [0.1, 0.15) is 16.6 Å². The lowest BCUT2D eigenvalue weighted by Gasteiger charge is -2.17. The van der Waals surface area contributed by atoms with Crippen LogP contribution in [0.5, 0.6) is 11.5 Å². The van der Waals surface area contributed by atoms with Gasteiger partial charge in [-0.1, -0.05) is 40.9 Å². The van der Waals surface area contributed by atoms with Gasteiger partial charge in [0.2, 0.25) is 6.54 Å². The Morgan fingerprint density at radius 2 is 2.00 bits per heavy atom. The van der Waals surface area contributed by atoms with Gasteiger partial charge in [-0.15, -0.1) is 16.6 Å². The number of halogens is 2. The lowest BCUT2D eigenvalue weighted by molar-refractivity contribution is -0.479. The van der Waals surface area contributed by atoms with Crippen molar-refractivity contribution >= 4 is 35.0 Å². The first-order valence-electron chi connectivity index (χ1n) is 9.24. The van der Waals surface area contributed by atoms with Gasteiger partial charge in [-0.3, -0.25) is 14.7 Å². The highest BCUT2D eigenvalue weighted by Crippen LogP contribution is 2.43. The summed E-state index contributed by atoms with van der Waals surface area (Å²) in [6, 6.07) is 10.4. The Labute approximate surface area is 199 Å². The highest BCUT2D eigenvalue weighted by atomic mass is 35.5. The molecule has 2 aromatic carbocycles.